The van der Waals surface area contributed by atoms with Gasteiger partial charge in [0.25, 0.3) is 0 Å². The first-order valence-electron chi connectivity index (χ1n) is 14.2. The van der Waals surface area contributed by atoms with Gasteiger partial charge in [0.15, 0.2) is 0 Å². The molecule has 0 heterocycles. The first-order chi connectivity index (χ1) is 19.5. The molecule has 0 saturated heterocycles. The van der Waals surface area contributed by atoms with E-state index in [2.05, 4.69) is 77.3 Å². The van der Waals surface area contributed by atoms with Crippen LogP contribution in [0.3, 0.4) is 0 Å². The zero-order chi connectivity index (χ0) is 28.3. The van der Waals surface area contributed by atoms with E-state index in [1.54, 1.807) is 0 Å². The number of anilines is 2. The number of hydrogen-bond acceptors (Lipinski definition) is 3. The predicted molar refractivity (Wildman–Crippen MR) is 172 cm³/mol. The molecule has 3 aromatic rings. The maximum absolute atomic E-state index is 13.9. The Bertz CT molecular complexity index is 1360. The van der Waals surface area contributed by atoms with Crippen molar-refractivity contribution in [3.05, 3.63) is 114 Å². The van der Waals surface area contributed by atoms with Crippen LogP contribution in [0.2, 0.25) is 0 Å². The molecule has 0 atom stereocenters. The molecule has 4 rings (SSSR count). The minimum atomic E-state index is 0.0859. The van der Waals surface area contributed by atoms with Crippen LogP contribution in [-0.4, -0.2) is 26.7 Å². The van der Waals surface area contributed by atoms with Crippen LogP contribution in [-0.2, 0) is 11.3 Å². The lowest BCUT2D eigenvalue weighted by Gasteiger charge is -2.30. The van der Waals surface area contributed by atoms with Gasteiger partial charge in [0.2, 0.25) is 5.91 Å². The van der Waals surface area contributed by atoms with Gasteiger partial charge >= 0.3 is 0 Å². The zero-order valence-electron chi connectivity index (χ0n) is 24.1. The van der Waals surface area contributed by atoms with Crippen LogP contribution in [0.5, 0.6) is 0 Å². The molecule has 206 valence electrons. The summed E-state index contributed by atoms with van der Waals surface area (Å²) in [6.45, 7) is 6.19. The summed E-state index contributed by atoms with van der Waals surface area (Å²) in [6.07, 6.45) is 15.2. The molecule has 0 bridgehead atoms. The molecule has 4 nitrogen and oxygen atoms in total. The van der Waals surface area contributed by atoms with Crippen molar-refractivity contribution in [3.8, 4) is 11.1 Å². The highest BCUT2D eigenvalue weighted by atomic mass is 16.2. The summed E-state index contributed by atoms with van der Waals surface area (Å²) in [5.74, 6) is 0.313. The number of amides is 1. The third kappa shape index (κ3) is 7.69. The van der Waals surface area contributed by atoms with Gasteiger partial charge in [-0.1, -0.05) is 86.0 Å². The van der Waals surface area contributed by atoms with Crippen LogP contribution >= 0.6 is 0 Å². The minimum Gasteiger partial charge on any atom is -0.378 e. The fraction of sp³-hybridized carbons (Fsp3) is 0.278. The lowest BCUT2D eigenvalue weighted by molar-refractivity contribution is -0.123. The smallest absolute Gasteiger partial charge is 0.230 e. The molecule has 1 fully saturated rings. The molecule has 0 unspecified atom stereocenters. The lowest BCUT2D eigenvalue weighted by Crippen LogP contribution is -2.36. The molecule has 3 aromatic carbocycles. The van der Waals surface area contributed by atoms with E-state index in [1.165, 1.54) is 23.2 Å². The molecular weight excluding hydrogens is 490 g/mol. The van der Waals surface area contributed by atoms with Crippen LogP contribution in [0.25, 0.3) is 17.2 Å². The molecule has 0 aromatic heterocycles. The van der Waals surface area contributed by atoms with Crippen molar-refractivity contribution < 1.29 is 4.79 Å². The van der Waals surface area contributed by atoms with Gasteiger partial charge < -0.3 is 9.80 Å². The van der Waals surface area contributed by atoms with Crippen LogP contribution in [0.15, 0.2) is 108 Å². The molecule has 1 aliphatic carbocycles. The van der Waals surface area contributed by atoms with E-state index >= 15 is 0 Å². The number of hydrogen-bond donors (Lipinski definition) is 0. The van der Waals surface area contributed by atoms with Gasteiger partial charge in [0, 0.05) is 31.4 Å². The molecule has 0 radical (unpaired) electrons. The van der Waals surface area contributed by atoms with Crippen molar-refractivity contribution in [3.63, 3.8) is 0 Å². The molecule has 1 amide bonds. The summed E-state index contributed by atoms with van der Waals surface area (Å²) in [4.78, 5) is 22.1. The molecule has 0 N–H and O–H groups in total. The molecule has 0 spiro atoms. The van der Waals surface area contributed by atoms with Crippen molar-refractivity contribution in [1.82, 2.24) is 0 Å². The highest BCUT2D eigenvalue weighted by Gasteiger charge is 2.27. The standard InChI is InChI=1S/C36H41N3O/c1-5-6-14-33(37-2)23-18-28-11-10-15-35(26-28)39(36(40)32-12-8-7-9-13-32)27-29-16-19-30(20-17-29)31-21-24-34(25-22-31)38(3)4/h5-6,10-11,14-26,32H,2,7-9,12-13,27H2,1,3-4H3/b6-5-,23-18+,33-14-. The fourth-order valence-corrected chi connectivity index (χ4v) is 5.14. The van der Waals surface area contributed by atoms with Crippen LogP contribution < -0.4 is 9.80 Å². The Morgan fingerprint density at radius 2 is 1.60 bits per heavy atom. The SMILES string of the molecule is C=NC(=C\C=C/C)/C=C/c1cccc(N(Cc2ccc(-c3ccc(N(C)C)cc3)cc2)C(=O)C2CCCCC2)c1. The van der Waals surface area contributed by atoms with Crippen LogP contribution in [0.1, 0.15) is 50.2 Å². The average Bonchev–Trinajstić information content (AvgIpc) is 3.00. The average molecular weight is 532 g/mol. The van der Waals surface area contributed by atoms with Gasteiger partial charge in [-0.2, -0.15) is 0 Å². The largest absolute Gasteiger partial charge is 0.378 e. The first-order valence-corrected chi connectivity index (χ1v) is 14.2. The van der Waals surface area contributed by atoms with E-state index in [9.17, 15) is 4.79 Å². The second-order valence-corrected chi connectivity index (χ2v) is 10.6. The summed E-state index contributed by atoms with van der Waals surface area (Å²) in [5, 5.41) is 0. The van der Waals surface area contributed by atoms with Crippen molar-refractivity contribution in [2.24, 2.45) is 10.9 Å². The Morgan fingerprint density at radius 1 is 0.925 bits per heavy atom. The van der Waals surface area contributed by atoms with Gasteiger partial charge in [0.05, 0.1) is 12.2 Å². The number of carbonyl (C=O) groups is 1. The van der Waals surface area contributed by atoms with E-state index in [1.807, 2.05) is 68.4 Å². The van der Waals surface area contributed by atoms with Gasteiger partial charge in [-0.05, 0) is 85.2 Å². The molecule has 1 aliphatic rings. The van der Waals surface area contributed by atoms with Crippen molar-refractivity contribution in [1.29, 1.82) is 0 Å². The maximum Gasteiger partial charge on any atom is 0.230 e. The van der Waals surface area contributed by atoms with E-state index in [4.69, 9.17) is 0 Å². The molecule has 0 aliphatic heterocycles. The number of nitrogens with zero attached hydrogens (tertiary/aromatic N) is 3. The highest BCUT2D eigenvalue weighted by Crippen LogP contribution is 2.30. The molecule has 4 heteroatoms. The Balaban J connectivity index is 1.59. The molecule has 1 saturated carbocycles. The Hall–Kier alpha value is -4.18. The summed E-state index contributed by atoms with van der Waals surface area (Å²) in [7, 11) is 4.10. The van der Waals surface area contributed by atoms with Crippen LogP contribution in [0.4, 0.5) is 11.4 Å². The monoisotopic (exact) mass is 531 g/mol. The van der Waals surface area contributed by atoms with Crippen LogP contribution in [0, 0.1) is 5.92 Å². The van der Waals surface area contributed by atoms with Gasteiger partial charge in [-0.25, -0.2) is 0 Å². The summed E-state index contributed by atoms with van der Waals surface area (Å²) in [6, 6.07) is 25.4. The predicted octanol–water partition coefficient (Wildman–Crippen LogP) is 8.71. The number of benzene rings is 3. The van der Waals surface area contributed by atoms with Gasteiger partial charge in [0.1, 0.15) is 0 Å². The van der Waals surface area contributed by atoms with Gasteiger partial charge in [-0.15, -0.1) is 0 Å². The van der Waals surface area contributed by atoms with E-state index in [0.717, 1.165) is 48.2 Å². The maximum atomic E-state index is 13.9. The second-order valence-electron chi connectivity index (χ2n) is 10.6. The lowest BCUT2D eigenvalue weighted by atomic mass is 9.88. The Morgan fingerprint density at radius 3 is 2.23 bits per heavy atom. The quantitative estimate of drug-likeness (QED) is 0.194. The molecule has 40 heavy (non-hydrogen) atoms. The minimum absolute atomic E-state index is 0.0859. The summed E-state index contributed by atoms with van der Waals surface area (Å²) in [5.41, 5.74) is 7.38. The number of allylic oxidation sites excluding steroid dienone is 4. The van der Waals surface area contributed by atoms with Crippen molar-refractivity contribution >= 4 is 30.1 Å². The Kier molecular flexibility index (Phi) is 10.3. The highest BCUT2D eigenvalue weighted by molar-refractivity contribution is 5.95. The third-order valence-electron chi connectivity index (χ3n) is 7.50. The molecular formula is C36H41N3O. The normalized spacial score (nSPS) is 14.5. The summed E-state index contributed by atoms with van der Waals surface area (Å²) < 4.78 is 0. The number of aliphatic imine (C=N–C) groups is 1. The summed E-state index contributed by atoms with van der Waals surface area (Å²) >= 11 is 0. The third-order valence-corrected chi connectivity index (χ3v) is 7.50. The van der Waals surface area contributed by atoms with Gasteiger partial charge in [-0.3, -0.25) is 9.79 Å². The fourth-order valence-electron chi connectivity index (χ4n) is 5.14. The van der Waals surface area contributed by atoms with E-state index in [-0.39, 0.29) is 11.8 Å². The first kappa shape index (κ1) is 28.8. The number of rotatable bonds is 10. The van der Waals surface area contributed by atoms with Crippen molar-refractivity contribution in [2.75, 3.05) is 23.9 Å². The van der Waals surface area contributed by atoms with E-state index in [0.29, 0.717) is 6.54 Å². The van der Waals surface area contributed by atoms with Crippen molar-refractivity contribution in [2.45, 2.75) is 45.6 Å². The van der Waals surface area contributed by atoms with E-state index < -0.39 is 0 Å². The Labute approximate surface area is 240 Å². The second kappa shape index (κ2) is 14.3. The topological polar surface area (TPSA) is 35.9 Å². The number of carbonyl (C=O) groups excluding carboxylic acids is 1. The zero-order valence-corrected chi connectivity index (χ0v) is 24.1.